The van der Waals surface area contributed by atoms with Gasteiger partial charge in [0.2, 0.25) is 0 Å². The van der Waals surface area contributed by atoms with Crippen molar-refractivity contribution in [3.05, 3.63) is 53.6 Å². The number of allylic oxidation sites excluding steroid dienone is 1. The van der Waals surface area contributed by atoms with Crippen molar-refractivity contribution in [3.8, 4) is 23.0 Å². The summed E-state index contributed by atoms with van der Waals surface area (Å²) in [6.45, 7) is 2.31. The number of benzene rings is 2. The zero-order valence-electron chi connectivity index (χ0n) is 12.9. The summed E-state index contributed by atoms with van der Waals surface area (Å²) >= 11 is 0. The highest BCUT2D eigenvalue weighted by molar-refractivity contribution is 6.08. The van der Waals surface area contributed by atoms with Crippen LogP contribution in [0.1, 0.15) is 22.8 Å². The number of hydrogen-bond donors (Lipinski definition) is 2. The lowest BCUT2D eigenvalue weighted by Gasteiger charge is -2.06. The highest BCUT2D eigenvalue weighted by atomic mass is 16.5. The molecule has 0 heterocycles. The van der Waals surface area contributed by atoms with Crippen molar-refractivity contribution >= 4 is 11.9 Å². The summed E-state index contributed by atoms with van der Waals surface area (Å²) in [5, 5.41) is 19.8. The van der Waals surface area contributed by atoms with Crippen molar-refractivity contribution in [2.45, 2.75) is 6.92 Å². The fourth-order valence-corrected chi connectivity index (χ4v) is 2.02. The molecule has 0 spiro atoms. The van der Waals surface area contributed by atoms with Crippen molar-refractivity contribution in [3.63, 3.8) is 0 Å². The molecule has 5 nitrogen and oxygen atoms in total. The monoisotopic (exact) mass is 314 g/mol. The molecule has 0 aliphatic rings. The zero-order chi connectivity index (χ0) is 16.8. The third-order valence-corrected chi connectivity index (χ3v) is 3.20. The Morgan fingerprint density at radius 1 is 1.09 bits per heavy atom. The van der Waals surface area contributed by atoms with Crippen molar-refractivity contribution in [1.29, 1.82) is 0 Å². The second-order valence-electron chi connectivity index (χ2n) is 4.73. The number of ketones is 1. The maximum atomic E-state index is 12.1. The van der Waals surface area contributed by atoms with Gasteiger partial charge in [-0.3, -0.25) is 4.79 Å². The van der Waals surface area contributed by atoms with Crippen molar-refractivity contribution in [2.75, 3.05) is 13.7 Å². The molecule has 0 amide bonds. The van der Waals surface area contributed by atoms with E-state index in [4.69, 9.17) is 9.47 Å². The average Bonchev–Trinajstić information content (AvgIpc) is 2.53. The molecule has 0 saturated heterocycles. The third-order valence-electron chi connectivity index (χ3n) is 3.20. The second kappa shape index (κ2) is 7.35. The second-order valence-corrected chi connectivity index (χ2v) is 4.73. The van der Waals surface area contributed by atoms with E-state index in [1.807, 2.05) is 6.92 Å². The molecule has 2 rings (SSSR count). The van der Waals surface area contributed by atoms with Crippen LogP contribution in [0, 0.1) is 0 Å². The van der Waals surface area contributed by atoms with Crippen LogP contribution in [0.25, 0.3) is 6.08 Å². The number of phenolic OH excluding ortho intramolecular Hbond substituents is 2. The minimum absolute atomic E-state index is 0.00400. The van der Waals surface area contributed by atoms with Crippen LogP contribution in [0.3, 0.4) is 0 Å². The number of hydrogen-bond acceptors (Lipinski definition) is 5. The van der Waals surface area contributed by atoms with Crippen LogP contribution in [0.15, 0.2) is 42.5 Å². The molecule has 5 heteroatoms. The number of ether oxygens (including phenoxy) is 2. The zero-order valence-corrected chi connectivity index (χ0v) is 12.9. The predicted octanol–water partition coefficient (Wildman–Crippen LogP) is 3.40. The highest BCUT2D eigenvalue weighted by Crippen LogP contribution is 2.26. The van der Waals surface area contributed by atoms with Crippen LogP contribution >= 0.6 is 0 Å². The van der Waals surface area contributed by atoms with Gasteiger partial charge < -0.3 is 19.7 Å². The first-order chi connectivity index (χ1) is 11.0. The Morgan fingerprint density at radius 3 is 2.39 bits per heavy atom. The van der Waals surface area contributed by atoms with Crippen LogP contribution in [-0.2, 0) is 0 Å². The molecule has 2 aromatic rings. The molecular weight excluding hydrogens is 296 g/mol. The molecule has 0 bridgehead atoms. The molecule has 2 aromatic carbocycles. The largest absolute Gasteiger partial charge is 0.507 e. The Balaban J connectivity index is 2.18. The normalized spacial score (nSPS) is 10.7. The Bertz CT molecular complexity index is 734. The van der Waals surface area contributed by atoms with E-state index in [1.165, 1.54) is 37.5 Å². The predicted molar refractivity (Wildman–Crippen MR) is 87.3 cm³/mol. The van der Waals surface area contributed by atoms with E-state index < -0.39 is 0 Å². The Kier molecular flexibility index (Phi) is 5.25. The van der Waals surface area contributed by atoms with Gasteiger partial charge in [-0.05, 0) is 43.3 Å². The summed E-state index contributed by atoms with van der Waals surface area (Å²) in [6, 6.07) is 9.29. The molecule has 0 aliphatic heterocycles. The summed E-state index contributed by atoms with van der Waals surface area (Å²) in [5.74, 6) is 0.503. The smallest absolute Gasteiger partial charge is 0.189 e. The van der Waals surface area contributed by atoms with Gasteiger partial charge in [0, 0.05) is 17.7 Å². The van der Waals surface area contributed by atoms with Gasteiger partial charge in [0.25, 0.3) is 0 Å². The first-order valence-electron chi connectivity index (χ1n) is 7.10. The summed E-state index contributed by atoms with van der Waals surface area (Å²) < 4.78 is 10.2. The van der Waals surface area contributed by atoms with Gasteiger partial charge in [-0.15, -0.1) is 0 Å². The van der Waals surface area contributed by atoms with E-state index >= 15 is 0 Å². The van der Waals surface area contributed by atoms with Gasteiger partial charge in [0.15, 0.2) is 5.78 Å². The van der Waals surface area contributed by atoms with Gasteiger partial charge in [0.05, 0.1) is 19.3 Å². The van der Waals surface area contributed by atoms with Gasteiger partial charge in [-0.1, -0.05) is 0 Å². The molecule has 0 aliphatic carbocycles. The van der Waals surface area contributed by atoms with Crippen LogP contribution in [0.2, 0.25) is 0 Å². The number of aromatic hydroxyl groups is 2. The standard InChI is InChI=1S/C18H18O5/c1-3-23-14-7-8-15(18(21)11-14)16(19)9-5-12-4-6-13(22-2)10-17(12)20/h4-11,20-21H,3H2,1-2H3. The van der Waals surface area contributed by atoms with Crippen LogP contribution in [-0.4, -0.2) is 29.7 Å². The van der Waals surface area contributed by atoms with Crippen molar-refractivity contribution < 1.29 is 24.5 Å². The van der Waals surface area contributed by atoms with E-state index in [1.54, 1.807) is 18.2 Å². The fraction of sp³-hybridized carbons (Fsp3) is 0.167. The lowest BCUT2D eigenvalue weighted by Crippen LogP contribution is -1.97. The van der Waals surface area contributed by atoms with E-state index in [0.29, 0.717) is 23.7 Å². The lowest BCUT2D eigenvalue weighted by atomic mass is 10.1. The van der Waals surface area contributed by atoms with E-state index in [-0.39, 0.29) is 22.8 Å². The number of phenols is 2. The molecular formula is C18H18O5. The molecule has 0 unspecified atom stereocenters. The molecule has 0 aromatic heterocycles. The minimum atomic E-state index is -0.374. The maximum absolute atomic E-state index is 12.1. The van der Waals surface area contributed by atoms with E-state index in [0.717, 1.165) is 0 Å². The molecule has 0 radical (unpaired) electrons. The summed E-state index contributed by atoms with van der Waals surface area (Å²) in [5.41, 5.74) is 0.641. The van der Waals surface area contributed by atoms with Gasteiger partial charge >= 0.3 is 0 Å². The summed E-state index contributed by atoms with van der Waals surface area (Å²) in [6.07, 6.45) is 2.77. The topological polar surface area (TPSA) is 76.0 Å². The SMILES string of the molecule is CCOc1ccc(C(=O)C=Cc2ccc(OC)cc2O)c(O)c1. The first-order valence-corrected chi connectivity index (χ1v) is 7.10. The van der Waals surface area contributed by atoms with E-state index in [2.05, 4.69) is 0 Å². The highest BCUT2D eigenvalue weighted by Gasteiger charge is 2.10. The third kappa shape index (κ3) is 4.03. The molecule has 0 saturated carbocycles. The van der Waals surface area contributed by atoms with Crippen LogP contribution < -0.4 is 9.47 Å². The molecule has 0 fully saturated rings. The number of carbonyl (C=O) groups is 1. The van der Waals surface area contributed by atoms with Crippen LogP contribution in [0.5, 0.6) is 23.0 Å². The van der Waals surface area contributed by atoms with Crippen LogP contribution in [0.4, 0.5) is 0 Å². The fourth-order valence-electron chi connectivity index (χ4n) is 2.02. The Hall–Kier alpha value is -2.95. The molecule has 2 N–H and O–H groups in total. The molecule has 23 heavy (non-hydrogen) atoms. The van der Waals surface area contributed by atoms with Gasteiger partial charge in [-0.25, -0.2) is 0 Å². The quantitative estimate of drug-likeness (QED) is 0.631. The van der Waals surface area contributed by atoms with Crippen molar-refractivity contribution in [1.82, 2.24) is 0 Å². The number of methoxy groups -OCH3 is 1. The maximum Gasteiger partial charge on any atom is 0.189 e. The molecule has 0 atom stereocenters. The van der Waals surface area contributed by atoms with Gasteiger partial charge in [-0.2, -0.15) is 0 Å². The molecule has 120 valence electrons. The van der Waals surface area contributed by atoms with Crippen molar-refractivity contribution in [2.24, 2.45) is 0 Å². The number of carbonyl (C=O) groups excluding carboxylic acids is 1. The summed E-state index contributed by atoms with van der Waals surface area (Å²) in [7, 11) is 1.50. The van der Waals surface area contributed by atoms with Gasteiger partial charge in [0.1, 0.15) is 23.0 Å². The average molecular weight is 314 g/mol. The minimum Gasteiger partial charge on any atom is -0.507 e. The first kappa shape index (κ1) is 16.4. The Morgan fingerprint density at radius 2 is 1.78 bits per heavy atom. The Labute approximate surface area is 134 Å². The summed E-state index contributed by atoms with van der Waals surface area (Å²) in [4.78, 5) is 12.1. The van der Waals surface area contributed by atoms with E-state index in [9.17, 15) is 15.0 Å². The number of rotatable bonds is 6. The lowest BCUT2D eigenvalue weighted by molar-refractivity contribution is 0.104.